The van der Waals surface area contributed by atoms with Gasteiger partial charge in [-0.25, -0.2) is 0 Å². The fraction of sp³-hybridized carbons (Fsp3) is 0.765. The fourth-order valence-electron chi connectivity index (χ4n) is 6.90. The molecule has 1 aromatic carbocycles. The number of hydrogen-bond donors (Lipinski definition) is 1. The van der Waals surface area contributed by atoms with Crippen LogP contribution in [-0.4, -0.2) is 19.7 Å². The predicted octanol–water partition coefficient (Wildman–Crippen LogP) is 10.4. The summed E-state index contributed by atoms with van der Waals surface area (Å²) in [5, 5.41) is 3.72. The minimum absolute atomic E-state index is 0.357. The van der Waals surface area contributed by atoms with Crippen molar-refractivity contribution in [3.8, 4) is 0 Å². The first-order valence-electron chi connectivity index (χ1n) is 16.1. The van der Waals surface area contributed by atoms with Gasteiger partial charge in [0.25, 0.3) is 0 Å². The molecular weight excluding hydrogens is 495 g/mol. The van der Waals surface area contributed by atoms with E-state index in [0.717, 1.165) is 55.3 Å². The summed E-state index contributed by atoms with van der Waals surface area (Å²) in [4.78, 5) is 0. The van der Waals surface area contributed by atoms with Crippen LogP contribution in [0.25, 0.3) is 0 Å². The van der Waals surface area contributed by atoms with Gasteiger partial charge in [-0.2, -0.15) is 13.2 Å². The second-order valence-electron chi connectivity index (χ2n) is 12.2. The van der Waals surface area contributed by atoms with Gasteiger partial charge in [-0.1, -0.05) is 64.0 Å². The SMILES string of the molecule is C1CCC(CNCC2CCCCC2)CC1.CC/C=C(\CC1CCCC(c2ccc(C(F)(F)F)cc2)C1)OCC. The summed E-state index contributed by atoms with van der Waals surface area (Å²) in [6.45, 7) is 7.38. The lowest BCUT2D eigenvalue weighted by Gasteiger charge is -2.30. The molecule has 5 heteroatoms. The maximum atomic E-state index is 12.7. The molecule has 0 radical (unpaired) electrons. The molecule has 0 saturated heterocycles. The van der Waals surface area contributed by atoms with Gasteiger partial charge in [-0.05, 0) is 119 Å². The smallest absolute Gasteiger partial charge is 0.416 e. The minimum atomic E-state index is -4.26. The van der Waals surface area contributed by atoms with E-state index in [-0.39, 0.29) is 0 Å². The second-order valence-corrected chi connectivity index (χ2v) is 12.2. The molecule has 0 heterocycles. The van der Waals surface area contributed by atoms with Gasteiger partial charge in [-0.15, -0.1) is 0 Å². The Kier molecular flexibility index (Phi) is 14.3. The van der Waals surface area contributed by atoms with Crippen molar-refractivity contribution in [2.24, 2.45) is 17.8 Å². The van der Waals surface area contributed by atoms with Crippen LogP contribution >= 0.6 is 0 Å². The molecule has 0 bridgehead atoms. The topological polar surface area (TPSA) is 21.3 Å². The molecule has 3 aliphatic rings. The molecule has 0 amide bonds. The molecule has 0 aromatic heterocycles. The van der Waals surface area contributed by atoms with Gasteiger partial charge in [0, 0.05) is 6.42 Å². The third kappa shape index (κ3) is 11.9. The summed E-state index contributed by atoms with van der Waals surface area (Å²) in [5.41, 5.74) is 0.466. The van der Waals surface area contributed by atoms with Gasteiger partial charge in [0.2, 0.25) is 0 Å². The lowest BCUT2D eigenvalue weighted by molar-refractivity contribution is -0.137. The zero-order valence-corrected chi connectivity index (χ0v) is 24.7. The average Bonchev–Trinajstić information content (AvgIpc) is 2.95. The Morgan fingerprint density at radius 2 is 1.36 bits per heavy atom. The lowest BCUT2D eigenvalue weighted by atomic mass is 9.76. The quantitative estimate of drug-likeness (QED) is 0.293. The zero-order chi connectivity index (χ0) is 27.9. The van der Waals surface area contributed by atoms with E-state index in [1.807, 2.05) is 6.92 Å². The van der Waals surface area contributed by atoms with Crippen LogP contribution in [0.4, 0.5) is 13.2 Å². The van der Waals surface area contributed by atoms with Crippen molar-refractivity contribution in [1.82, 2.24) is 5.32 Å². The van der Waals surface area contributed by atoms with Crippen LogP contribution in [0.1, 0.15) is 134 Å². The van der Waals surface area contributed by atoms with Crippen LogP contribution < -0.4 is 5.32 Å². The van der Waals surface area contributed by atoms with E-state index in [4.69, 9.17) is 4.74 Å². The minimum Gasteiger partial charge on any atom is -0.499 e. The number of ether oxygens (including phenoxy) is 1. The van der Waals surface area contributed by atoms with E-state index in [0.29, 0.717) is 18.4 Å². The Hall–Kier alpha value is -1.49. The standard InChI is InChI=1S/C20H27F3O.C14H27N/c1-3-6-19(24-4-2)14-15-7-5-8-17(13-15)16-9-11-18(12-10-16)20(21,22)23;1-3-7-13(8-4-1)11-15-12-14-9-5-2-6-10-14/h6,9-12,15,17H,3-5,7-8,13-14H2,1-2H3;13-15H,1-12H2/b19-6+;. The van der Waals surface area contributed by atoms with Crippen molar-refractivity contribution in [3.05, 3.63) is 47.2 Å². The van der Waals surface area contributed by atoms with Crippen molar-refractivity contribution in [2.45, 2.75) is 129 Å². The molecule has 4 rings (SSSR count). The van der Waals surface area contributed by atoms with Gasteiger partial charge < -0.3 is 10.1 Å². The van der Waals surface area contributed by atoms with E-state index in [2.05, 4.69) is 18.3 Å². The Labute approximate surface area is 236 Å². The molecule has 1 N–H and O–H groups in total. The molecule has 3 aliphatic carbocycles. The van der Waals surface area contributed by atoms with E-state index in [1.165, 1.54) is 95.9 Å². The molecule has 3 fully saturated rings. The third-order valence-electron chi connectivity index (χ3n) is 9.06. The number of hydrogen-bond acceptors (Lipinski definition) is 2. The molecule has 0 aliphatic heterocycles. The molecule has 2 nitrogen and oxygen atoms in total. The van der Waals surface area contributed by atoms with Gasteiger partial charge >= 0.3 is 6.18 Å². The van der Waals surface area contributed by atoms with E-state index in [9.17, 15) is 13.2 Å². The Bertz CT molecular complexity index is 789. The van der Waals surface area contributed by atoms with Crippen LogP contribution in [0, 0.1) is 17.8 Å². The number of benzene rings is 1. The third-order valence-corrected chi connectivity index (χ3v) is 9.06. The first kappa shape index (κ1) is 32.0. The number of halogens is 3. The average molecular weight is 550 g/mol. The van der Waals surface area contributed by atoms with E-state index in [1.54, 1.807) is 12.1 Å². The highest BCUT2D eigenvalue weighted by Gasteiger charge is 2.31. The van der Waals surface area contributed by atoms with Gasteiger partial charge in [0.1, 0.15) is 0 Å². The molecule has 2 atom stereocenters. The Morgan fingerprint density at radius 3 is 1.87 bits per heavy atom. The van der Waals surface area contributed by atoms with Crippen LogP contribution in [0.3, 0.4) is 0 Å². The normalized spacial score (nSPS) is 23.7. The van der Waals surface area contributed by atoms with Crippen LogP contribution in [-0.2, 0) is 10.9 Å². The summed E-state index contributed by atoms with van der Waals surface area (Å²) in [7, 11) is 0. The lowest BCUT2D eigenvalue weighted by Crippen LogP contribution is -2.30. The monoisotopic (exact) mass is 549 g/mol. The number of nitrogens with one attached hydrogen (secondary N) is 1. The molecule has 39 heavy (non-hydrogen) atoms. The van der Waals surface area contributed by atoms with Gasteiger partial charge in [0.05, 0.1) is 17.9 Å². The summed E-state index contributed by atoms with van der Waals surface area (Å²) in [5.74, 6) is 3.98. The first-order chi connectivity index (χ1) is 18.9. The number of rotatable bonds is 10. The van der Waals surface area contributed by atoms with Gasteiger partial charge in [-0.3, -0.25) is 0 Å². The maximum Gasteiger partial charge on any atom is 0.416 e. The van der Waals surface area contributed by atoms with E-state index < -0.39 is 11.7 Å². The fourth-order valence-corrected chi connectivity index (χ4v) is 6.90. The van der Waals surface area contributed by atoms with E-state index >= 15 is 0 Å². The Balaban J connectivity index is 0.000000239. The zero-order valence-electron chi connectivity index (χ0n) is 24.7. The van der Waals surface area contributed by atoms with Crippen molar-refractivity contribution < 1.29 is 17.9 Å². The van der Waals surface area contributed by atoms with Gasteiger partial charge in [0.15, 0.2) is 0 Å². The predicted molar refractivity (Wildman–Crippen MR) is 157 cm³/mol. The highest BCUT2D eigenvalue weighted by atomic mass is 19.4. The largest absolute Gasteiger partial charge is 0.499 e. The number of alkyl halides is 3. The second kappa shape index (κ2) is 17.4. The highest BCUT2D eigenvalue weighted by Crippen LogP contribution is 2.40. The van der Waals surface area contributed by atoms with Crippen LogP contribution in [0.15, 0.2) is 36.1 Å². The summed E-state index contributed by atoms with van der Waals surface area (Å²) in [6.07, 6.45) is 19.0. The van der Waals surface area contributed by atoms with Crippen LogP contribution in [0.2, 0.25) is 0 Å². The maximum absolute atomic E-state index is 12.7. The number of allylic oxidation sites excluding steroid dienone is 2. The Morgan fingerprint density at radius 1 is 0.795 bits per heavy atom. The van der Waals surface area contributed by atoms with Crippen molar-refractivity contribution in [3.63, 3.8) is 0 Å². The molecule has 1 aromatic rings. The molecule has 3 saturated carbocycles. The molecule has 222 valence electrons. The molecule has 0 spiro atoms. The highest BCUT2D eigenvalue weighted by molar-refractivity contribution is 5.27. The first-order valence-corrected chi connectivity index (χ1v) is 16.1. The molecule has 2 unspecified atom stereocenters. The summed E-state index contributed by atoms with van der Waals surface area (Å²) < 4.78 is 43.8. The summed E-state index contributed by atoms with van der Waals surface area (Å²) >= 11 is 0. The van der Waals surface area contributed by atoms with Crippen molar-refractivity contribution >= 4 is 0 Å². The summed E-state index contributed by atoms with van der Waals surface area (Å²) in [6, 6.07) is 5.73. The molecular formula is C34H54F3NO. The van der Waals surface area contributed by atoms with Crippen LogP contribution in [0.5, 0.6) is 0 Å². The van der Waals surface area contributed by atoms with Crippen molar-refractivity contribution in [2.75, 3.05) is 19.7 Å². The van der Waals surface area contributed by atoms with Crippen molar-refractivity contribution in [1.29, 1.82) is 0 Å².